The molecule has 7 nitrogen and oxygen atoms in total. The number of aryl methyl sites for hydroxylation is 1. The molecular weight excluding hydrogens is 382 g/mol. The topological polar surface area (TPSA) is 96.1 Å². The van der Waals surface area contributed by atoms with Gasteiger partial charge in [0.2, 0.25) is 5.95 Å². The lowest BCUT2D eigenvalue weighted by Gasteiger charge is -2.39. The third kappa shape index (κ3) is 3.57. The Kier molecular flexibility index (Phi) is 4.87. The van der Waals surface area contributed by atoms with Crippen molar-refractivity contribution in [3.05, 3.63) is 40.7 Å². The zero-order valence-corrected chi connectivity index (χ0v) is 17.3. The van der Waals surface area contributed by atoms with Crippen LogP contribution in [0.1, 0.15) is 37.7 Å². The maximum absolute atomic E-state index is 5.89. The molecule has 0 spiro atoms. The number of fused-ring (bicyclic) bond motifs is 2. The van der Waals surface area contributed by atoms with Crippen LogP contribution in [0.15, 0.2) is 34.5 Å². The van der Waals surface area contributed by atoms with Crippen molar-refractivity contribution >= 4 is 35.1 Å². The normalized spacial score (nSPS) is 19.6. The number of aromatic nitrogens is 4. The molecular formula is C21H25N7S. The van der Waals surface area contributed by atoms with E-state index in [0.717, 1.165) is 21.7 Å². The average Bonchev–Trinajstić information content (AvgIpc) is 3.21. The van der Waals surface area contributed by atoms with E-state index in [-0.39, 0.29) is 12.1 Å². The van der Waals surface area contributed by atoms with Gasteiger partial charge in [-0.1, -0.05) is 43.2 Å². The minimum Gasteiger partial charge on any atom is -0.368 e. The lowest BCUT2D eigenvalue weighted by atomic mass is 9.94. The summed E-state index contributed by atoms with van der Waals surface area (Å²) in [4.78, 5) is 23.6. The summed E-state index contributed by atoms with van der Waals surface area (Å²) in [5, 5.41) is 3.16. The first-order valence-electron chi connectivity index (χ1n) is 10.2. The van der Waals surface area contributed by atoms with E-state index in [4.69, 9.17) is 10.7 Å². The van der Waals surface area contributed by atoms with Crippen LogP contribution in [0.25, 0.3) is 17.4 Å². The highest BCUT2D eigenvalue weighted by Gasteiger charge is 2.27. The number of nitrogens with zero attached hydrogens (tertiary/aromatic N) is 5. The second-order valence-corrected chi connectivity index (χ2v) is 8.79. The van der Waals surface area contributed by atoms with Gasteiger partial charge >= 0.3 is 0 Å². The Hall–Kier alpha value is -2.61. The minimum absolute atomic E-state index is 0.0755. The van der Waals surface area contributed by atoms with Crippen LogP contribution in [0.3, 0.4) is 0 Å². The van der Waals surface area contributed by atoms with E-state index in [9.17, 15) is 0 Å². The number of anilines is 1. The zero-order valence-electron chi connectivity index (χ0n) is 16.5. The number of aromatic amines is 1. The number of H-pyrrole nitrogens is 1. The molecule has 8 heteroatoms. The van der Waals surface area contributed by atoms with E-state index >= 15 is 0 Å². The Morgan fingerprint density at radius 1 is 1.21 bits per heavy atom. The second kappa shape index (κ2) is 7.67. The SMILES string of the molecule is Cc1cccc2c1=CN(C1CCCCC1)C(CSc1nc(N)nc3nc[nH]c13)N=2. The van der Waals surface area contributed by atoms with Crippen molar-refractivity contribution < 1.29 is 0 Å². The van der Waals surface area contributed by atoms with Crippen molar-refractivity contribution in [3.8, 4) is 0 Å². The van der Waals surface area contributed by atoms with E-state index in [1.165, 1.54) is 42.9 Å². The molecule has 1 saturated carbocycles. The van der Waals surface area contributed by atoms with Gasteiger partial charge in [0.1, 0.15) is 16.7 Å². The molecule has 2 aliphatic rings. The summed E-state index contributed by atoms with van der Waals surface area (Å²) in [6.45, 7) is 2.16. The van der Waals surface area contributed by atoms with Crippen molar-refractivity contribution in [2.24, 2.45) is 4.99 Å². The summed E-state index contributed by atoms with van der Waals surface area (Å²) in [5.41, 5.74) is 8.61. The number of hydrogen-bond donors (Lipinski definition) is 2. The molecule has 1 fully saturated rings. The first kappa shape index (κ1) is 18.4. The predicted octanol–water partition coefficient (Wildman–Crippen LogP) is 2.37. The monoisotopic (exact) mass is 407 g/mol. The van der Waals surface area contributed by atoms with Crippen LogP contribution in [0.2, 0.25) is 0 Å². The zero-order chi connectivity index (χ0) is 19.8. The smallest absolute Gasteiger partial charge is 0.223 e. The highest BCUT2D eigenvalue weighted by atomic mass is 32.2. The van der Waals surface area contributed by atoms with Gasteiger partial charge in [-0.25, -0.2) is 9.97 Å². The highest BCUT2D eigenvalue weighted by Crippen LogP contribution is 2.30. The predicted molar refractivity (Wildman–Crippen MR) is 116 cm³/mol. The molecule has 0 radical (unpaired) electrons. The molecule has 1 atom stereocenters. The maximum Gasteiger partial charge on any atom is 0.223 e. The van der Waals surface area contributed by atoms with Crippen LogP contribution in [0.5, 0.6) is 0 Å². The molecule has 3 heterocycles. The Morgan fingerprint density at radius 3 is 2.93 bits per heavy atom. The molecule has 3 N–H and O–H groups in total. The van der Waals surface area contributed by atoms with Crippen molar-refractivity contribution in [2.75, 3.05) is 11.5 Å². The first-order valence-corrected chi connectivity index (χ1v) is 11.2. The molecule has 29 heavy (non-hydrogen) atoms. The van der Waals surface area contributed by atoms with Gasteiger partial charge in [0.25, 0.3) is 0 Å². The molecule has 2 aromatic heterocycles. The summed E-state index contributed by atoms with van der Waals surface area (Å²) in [6.07, 6.45) is 10.5. The summed E-state index contributed by atoms with van der Waals surface area (Å²) in [6, 6.07) is 6.92. The fourth-order valence-corrected chi connectivity index (χ4v) is 5.35. The summed E-state index contributed by atoms with van der Waals surface area (Å²) >= 11 is 1.66. The van der Waals surface area contributed by atoms with E-state index in [0.29, 0.717) is 11.7 Å². The van der Waals surface area contributed by atoms with Gasteiger partial charge in [-0.2, -0.15) is 4.98 Å². The van der Waals surface area contributed by atoms with Crippen LogP contribution >= 0.6 is 11.8 Å². The van der Waals surface area contributed by atoms with Crippen molar-refractivity contribution in [3.63, 3.8) is 0 Å². The number of benzene rings is 1. The third-order valence-electron chi connectivity index (χ3n) is 5.85. The van der Waals surface area contributed by atoms with Gasteiger partial charge in [-0.15, -0.1) is 0 Å². The average molecular weight is 408 g/mol. The van der Waals surface area contributed by atoms with Crippen LogP contribution < -0.4 is 16.3 Å². The molecule has 3 aromatic rings. The minimum atomic E-state index is 0.0755. The van der Waals surface area contributed by atoms with Crippen LogP contribution in [0, 0.1) is 6.92 Å². The van der Waals surface area contributed by atoms with E-state index in [2.05, 4.69) is 56.2 Å². The van der Waals surface area contributed by atoms with Crippen LogP contribution in [-0.2, 0) is 0 Å². The Labute approximate surface area is 173 Å². The Bertz CT molecular complexity index is 1150. The van der Waals surface area contributed by atoms with Crippen molar-refractivity contribution in [2.45, 2.75) is 56.3 Å². The van der Waals surface area contributed by atoms with Crippen LogP contribution in [-0.4, -0.2) is 42.8 Å². The number of thioether (sulfide) groups is 1. The molecule has 0 bridgehead atoms. The number of hydrogen-bond acceptors (Lipinski definition) is 7. The van der Waals surface area contributed by atoms with Gasteiger partial charge in [0.05, 0.1) is 11.7 Å². The standard InChI is InChI=1S/C21H25N7S/c1-13-6-5-9-16-15(13)10-28(14-7-3-2-4-8-14)17(25-16)11-29-20-18-19(24-12-23-18)26-21(22)27-20/h5-6,9-10,12,14,17H,2-4,7-8,11H2,1H3,(H3,22,23,24,26,27). The lowest BCUT2D eigenvalue weighted by Crippen LogP contribution is -2.48. The fraction of sp³-hybridized carbons (Fsp3) is 0.429. The quantitative estimate of drug-likeness (QED) is 0.509. The van der Waals surface area contributed by atoms with Gasteiger partial charge < -0.3 is 15.6 Å². The number of nitrogen functional groups attached to an aromatic ring is 1. The number of nitrogens with two attached hydrogens (primary N) is 1. The summed E-state index contributed by atoms with van der Waals surface area (Å²) < 4.78 is 0. The van der Waals surface area contributed by atoms with E-state index in [1.54, 1.807) is 18.1 Å². The molecule has 1 aromatic carbocycles. The number of rotatable bonds is 4. The van der Waals surface area contributed by atoms with Crippen molar-refractivity contribution in [1.29, 1.82) is 0 Å². The molecule has 150 valence electrons. The van der Waals surface area contributed by atoms with E-state index < -0.39 is 0 Å². The second-order valence-electron chi connectivity index (χ2n) is 7.78. The molecule has 1 unspecified atom stereocenters. The van der Waals surface area contributed by atoms with Crippen molar-refractivity contribution in [1.82, 2.24) is 24.8 Å². The highest BCUT2D eigenvalue weighted by molar-refractivity contribution is 7.99. The Balaban J connectivity index is 1.48. The Morgan fingerprint density at radius 2 is 2.07 bits per heavy atom. The third-order valence-corrected chi connectivity index (χ3v) is 6.88. The van der Waals surface area contributed by atoms with E-state index in [1.807, 2.05) is 0 Å². The molecule has 0 amide bonds. The molecule has 5 rings (SSSR count). The first-order chi connectivity index (χ1) is 14.2. The molecule has 0 saturated heterocycles. The molecule has 1 aliphatic heterocycles. The fourth-order valence-electron chi connectivity index (χ4n) is 4.34. The largest absolute Gasteiger partial charge is 0.368 e. The van der Waals surface area contributed by atoms with Gasteiger partial charge in [0.15, 0.2) is 5.65 Å². The maximum atomic E-state index is 5.89. The summed E-state index contributed by atoms with van der Waals surface area (Å²) in [5.74, 6) is 1.05. The number of imidazole rings is 1. The van der Waals surface area contributed by atoms with Crippen LogP contribution in [0.4, 0.5) is 5.95 Å². The van der Waals surface area contributed by atoms with Gasteiger partial charge in [-0.05, 0) is 31.4 Å². The summed E-state index contributed by atoms with van der Waals surface area (Å²) in [7, 11) is 0. The lowest BCUT2D eigenvalue weighted by molar-refractivity contribution is 0.194. The van der Waals surface area contributed by atoms with Gasteiger partial charge in [0, 0.05) is 23.2 Å². The van der Waals surface area contributed by atoms with Gasteiger partial charge in [-0.3, -0.25) is 4.99 Å². The molecule has 1 aliphatic carbocycles. The number of nitrogens with one attached hydrogen (secondary N) is 1.